The van der Waals surface area contributed by atoms with E-state index in [1.54, 1.807) is 7.11 Å². The van der Waals surface area contributed by atoms with Gasteiger partial charge in [0.05, 0.1) is 30.2 Å². The van der Waals surface area contributed by atoms with Crippen LogP contribution >= 0.6 is 15.9 Å². The number of amides is 1. The van der Waals surface area contributed by atoms with Crippen molar-refractivity contribution in [2.75, 3.05) is 40.0 Å². The third-order valence-electron chi connectivity index (χ3n) is 7.20. The summed E-state index contributed by atoms with van der Waals surface area (Å²) >= 11 is 3.75. The molecule has 0 spiro atoms. The summed E-state index contributed by atoms with van der Waals surface area (Å²) in [6.07, 6.45) is 1.21. The maximum Gasteiger partial charge on any atom is 0.216 e. The molecule has 1 aliphatic rings. The van der Waals surface area contributed by atoms with Crippen molar-refractivity contribution in [3.8, 4) is 11.3 Å². The molecule has 39 heavy (non-hydrogen) atoms. The monoisotopic (exact) mass is 599 g/mol. The summed E-state index contributed by atoms with van der Waals surface area (Å²) < 4.78 is 17.6. The zero-order valence-electron chi connectivity index (χ0n) is 22.8. The number of aliphatic hydroxyl groups is 1. The van der Waals surface area contributed by atoms with E-state index >= 15 is 0 Å². The van der Waals surface area contributed by atoms with Gasteiger partial charge in [0.1, 0.15) is 11.3 Å². The van der Waals surface area contributed by atoms with Crippen molar-refractivity contribution in [3.05, 3.63) is 75.4 Å². The molecule has 2 aromatic carbocycles. The summed E-state index contributed by atoms with van der Waals surface area (Å²) in [5, 5.41) is 22.8. The van der Waals surface area contributed by atoms with Gasteiger partial charge in [-0.2, -0.15) is 0 Å². The molecule has 0 unspecified atom stereocenters. The van der Waals surface area contributed by atoms with Gasteiger partial charge in [0.2, 0.25) is 5.91 Å². The summed E-state index contributed by atoms with van der Waals surface area (Å²) in [6, 6.07) is 15.9. The summed E-state index contributed by atoms with van der Waals surface area (Å²) in [6.45, 7) is 7.21. The van der Waals surface area contributed by atoms with Crippen LogP contribution in [0.3, 0.4) is 0 Å². The second-order valence-electron chi connectivity index (χ2n) is 10.3. The highest BCUT2D eigenvalue weighted by Crippen LogP contribution is 2.45. The zero-order valence-corrected chi connectivity index (χ0v) is 24.4. The third-order valence-corrected chi connectivity index (χ3v) is 7.97. The minimum Gasteiger partial charge on any atom is -0.384 e. The van der Waals surface area contributed by atoms with Crippen LogP contribution in [0.5, 0.6) is 0 Å². The van der Waals surface area contributed by atoms with Crippen molar-refractivity contribution >= 4 is 21.8 Å². The topological polar surface area (TPSA) is 106 Å². The zero-order chi connectivity index (χ0) is 27.8. The molecule has 1 amide bonds. The molecule has 9 heteroatoms. The van der Waals surface area contributed by atoms with Gasteiger partial charge in [-0.1, -0.05) is 60.6 Å². The molecule has 1 saturated heterocycles. The highest BCUT2D eigenvalue weighted by atomic mass is 79.9. The van der Waals surface area contributed by atoms with Crippen molar-refractivity contribution in [3.63, 3.8) is 0 Å². The number of halogens is 1. The average Bonchev–Trinajstić information content (AvgIpc) is 3.30. The maximum absolute atomic E-state index is 12.1. The lowest BCUT2D eigenvalue weighted by Crippen LogP contribution is -2.46. The van der Waals surface area contributed by atoms with Crippen molar-refractivity contribution < 1.29 is 23.9 Å². The molecule has 210 valence electrons. The first-order chi connectivity index (χ1) is 18.8. The number of nitrogens with one attached hydrogen (secondary N) is 2. The lowest BCUT2D eigenvalue weighted by atomic mass is 9.74. The molecule has 0 saturated carbocycles. The average molecular weight is 601 g/mol. The number of carbonyl (C=O) groups excluding carboxylic acids is 1. The molecule has 0 aliphatic carbocycles. The first-order valence-electron chi connectivity index (χ1n) is 13.4. The van der Waals surface area contributed by atoms with Crippen LogP contribution < -0.4 is 10.6 Å². The van der Waals surface area contributed by atoms with Crippen LogP contribution in [0.1, 0.15) is 48.6 Å². The van der Waals surface area contributed by atoms with Gasteiger partial charge in [-0.3, -0.25) is 4.79 Å². The number of hydrogen-bond acceptors (Lipinski definition) is 7. The molecule has 8 nitrogen and oxygen atoms in total. The Balaban J connectivity index is 1.54. The molecule has 0 bridgehead atoms. The maximum atomic E-state index is 12.1. The number of aromatic nitrogens is 1. The Hall–Kier alpha value is -2.56. The molecule has 0 radical (unpaired) electrons. The normalized spacial score (nSPS) is 20.1. The lowest BCUT2D eigenvalue weighted by Gasteiger charge is -2.40. The number of nitrogens with zero attached hydrogens (tertiary/aromatic N) is 1. The summed E-state index contributed by atoms with van der Waals surface area (Å²) in [5.41, 5.74) is 3.41. The van der Waals surface area contributed by atoms with E-state index < -0.39 is 5.60 Å². The largest absolute Gasteiger partial charge is 0.384 e. The third kappa shape index (κ3) is 7.15. The van der Waals surface area contributed by atoms with E-state index in [2.05, 4.69) is 38.6 Å². The Morgan fingerprint density at radius 2 is 2.03 bits per heavy atom. The van der Waals surface area contributed by atoms with E-state index in [0.29, 0.717) is 69.7 Å². The van der Waals surface area contributed by atoms with E-state index in [9.17, 15) is 9.90 Å². The fourth-order valence-electron chi connectivity index (χ4n) is 5.15. The number of hydrogen-bond donors (Lipinski definition) is 3. The van der Waals surface area contributed by atoms with Crippen LogP contribution in [0.2, 0.25) is 0 Å². The summed E-state index contributed by atoms with van der Waals surface area (Å²) in [4.78, 5) is 11.3. The molecule has 3 N–H and O–H groups in total. The molecule has 2 heterocycles. The number of benzene rings is 2. The van der Waals surface area contributed by atoms with Crippen LogP contribution in [0, 0.1) is 5.92 Å². The molecule has 1 aliphatic heterocycles. The number of carbonyl (C=O) groups is 1. The van der Waals surface area contributed by atoms with Gasteiger partial charge in [0.15, 0.2) is 5.76 Å². The molecule has 3 atom stereocenters. The molecule has 1 fully saturated rings. The highest BCUT2D eigenvalue weighted by molar-refractivity contribution is 9.10. The minimum atomic E-state index is -1.11. The second kappa shape index (κ2) is 13.7. The summed E-state index contributed by atoms with van der Waals surface area (Å²) in [7, 11) is 1.70. The fourth-order valence-corrected chi connectivity index (χ4v) is 5.78. The van der Waals surface area contributed by atoms with Crippen molar-refractivity contribution in [2.24, 2.45) is 5.92 Å². The Bertz CT molecular complexity index is 1230. The van der Waals surface area contributed by atoms with Crippen molar-refractivity contribution in [2.45, 2.75) is 44.8 Å². The van der Waals surface area contributed by atoms with E-state index in [0.717, 1.165) is 26.7 Å². The SMILES string of the molecule is COC[C@@H](C)COCc1ccc([C@@]2(O)CCNC[C@@H]2c2noc(-c3ccccc3CCNC(C)=O)c2Br)cc1. The van der Waals surface area contributed by atoms with Crippen molar-refractivity contribution in [1.29, 1.82) is 0 Å². The van der Waals surface area contributed by atoms with Gasteiger partial charge in [0, 0.05) is 38.6 Å². The van der Waals surface area contributed by atoms with Crippen LogP contribution in [0.25, 0.3) is 11.3 Å². The Morgan fingerprint density at radius 1 is 1.26 bits per heavy atom. The van der Waals surface area contributed by atoms with E-state index in [-0.39, 0.29) is 11.8 Å². The number of methoxy groups -OCH3 is 1. The van der Waals surface area contributed by atoms with E-state index in [1.807, 2.05) is 48.5 Å². The number of piperidine rings is 1. The Labute approximate surface area is 238 Å². The van der Waals surface area contributed by atoms with Crippen LogP contribution in [-0.4, -0.2) is 56.1 Å². The van der Waals surface area contributed by atoms with Crippen molar-refractivity contribution in [1.82, 2.24) is 15.8 Å². The van der Waals surface area contributed by atoms with E-state index in [4.69, 9.17) is 14.0 Å². The van der Waals surface area contributed by atoms with Crippen LogP contribution in [-0.2, 0) is 32.9 Å². The number of rotatable bonds is 12. The number of ether oxygens (including phenoxy) is 2. The molecular formula is C30H38BrN3O5. The predicted molar refractivity (Wildman–Crippen MR) is 153 cm³/mol. The quantitative estimate of drug-likeness (QED) is 0.280. The van der Waals surface area contributed by atoms with Gasteiger partial charge in [-0.15, -0.1) is 0 Å². The van der Waals surface area contributed by atoms with Gasteiger partial charge >= 0.3 is 0 Å². The predicted octanol–water partition coefficient (Wildman–Crippen LogP) is 4.55. The van der Waals surface area contributed by atoms with Gasteiger partial charge in [0.25, 0.3) is 0 Å². The first kappa shape index (κ1) is 29.4. The molecular weight excluding hydrogens is 562 g/mol. The Morgan fingerprint density at radius 3 is 2.77 bits per heavy atom. The van der Waals surface area contributed by atoms with Gasteiger partial charge < -0.3 is 29.7 Å². The van der Waals surface area contributed by atoms with Gasteiger partial charge in [-0.25, -0.2) is 0 Å². The first-order valence-corrected chi connectivity index (χ1v) is 14.2. The molecule has 1 aromatic heterocycles. The smallest absolute Gasteiger partial charge is 0.216 e. The van der Waals surface area contributed by atoms with Gasteiger partial charge in [-0.05, 0) is 52.0 Å². The van der Waals surface area contributed by atoms with Crippen LogP contribution in [0.15, 0.2) is 57.5 Å². The van der Waals surface area contributed by atoms with E-state index in [1.165, 1.54) is 6.92 Å². The lowest BCUT2D eigenvalue weighted by molar-refractivity contribution is -0.118. The summed E-state index contributed by atoms with van der Waals surface area (Å²) in [5.74, 6) is 0.575. The Kier molecular flexibility index (Phi) is 10.3. The second-order valence-corrected chi connectivity index (χ2v) is 11.1. The minimum absolute atomic E-state index is 0.0584. The fraction of sp³-hybridized carbons (Fsp3) is 0.467. The molecule has 3 aromatic rings. The highest BCUT2D eigenvalue weighted by Gasteiger charge is 2.44. The van der Waals surface area contributed by atoms with Crippen LogP contribution in [0.4, 0.5) is 0 Å². The standard InChI is InChI=1S/C30H38BrN3O5/c1-20(17-37-3)18-38-19-22-8-10-24(11-9-22)30(36)13-15-32-16-26(30)28-27(31)29(39-34-28)25-7-5-4-6-23(25)12-14-33-21(2)35/h4-11,20,26,32,36H,12-19H2,1-3H3,(H,33,35)/t20-,26-,30+/m1/s1. The molecule has 4 rings (SSSR count).